The summed E-state index contributed by atoms with van der Waals surface area (Å²) >= 11 is 0. The maximum absolute atomic E-state index is 13.8. The van der Waals surface area contributed by atoms with Gasteiger partial charge in [0.2, 0.25) is 5.91 Å². The van der Waals surface area contributed by atoms with E-state index in [4.69, 9.17) is 9.47 Å². The van der Waals surface area contributed by atoms with Crippen LogP contribution in [0.3, 0.4) is 0 Å². The number of carbonyl (C=O) groups excluding carboxylic acids is 4. The van der Waals surface area contributed by atoms with Gasteiger partial charge < -0.3 is 30.5 Å². The largest absolute Gasteiger partial charge is 0.453 e. The summed E-state index contributed by atoms with van der Waals surface area (Å²) in [5.41, 5.74) is 4.88. The molecular weight excluding hydrogens is 652 g/mol. The molecule has 276 valence electrons. The fourth-order valence-electron chi connectivity index (χ4n) is 5.38. The van der Waals surface area contributed by atoms with E-state index in [2.05, 4.69) is 26.4 Å². The number of ether oxygens (including phenoxy) is 2. The van der Waals surface area contributed by atoms with Crippen LogP contribution in [0.4, 0.5) is 9.59 Å². The maximum atomic E-state index is 13.8. The highest BCUT2D eigenvalue weighted by atomic mass is 16.5. The average molecular weight is 705 g/mol. The van der Waals surface area contributed by atoms with Gasteiger partial charge in [-0.3, -0.25) is 20.0 Å². The van der Waals surface area contributed by atoms with Crippen molar-refractivity contribution in [2.75, 3.05) is 20.8 Å². The predicted molar refractivity (Wildman–Crippen MR) is 194 cm³/mol. The number of alkyl carbamates (subject to hydrolysis) is 2. The Morgan fingerprint density at radius 3 is 1.78 bits per heavy atom. The zero-order valence-corrected chi connectivity index (χ0v) is 30.7. The summed E-state index contributed by atoms with van der Waals surface area (Å²) in [5.74, 6) is -1.03. The number of nitrogens with zero attached hydrogens (tertiary/aromatic N) is 2. The molecule has 1 aromatic heterocycles. The first-order valence-electron chi connectivity index (χ1n) is 16.8. The van der Waals surface area contributed by atoms with Crippen LogP contribution in [0.5, 0.6) is 0 Å². The molecule has 2 aromatic carbocycles. The standard InChI is InChI=1S/C38H52N6O7/c1-37(2,3)31(41-35(48)50-7)33(46)40-29(22-25-14-10-9-11-15-25)30(45)24-44(43-34(47)32(38(4,5)6)42-36(49)51-8)23-26-17-19-27(20-18-26)28-16-12-13-21-39-28/h9-21,29-32,45H,22-24H2,1-8H3,(H,40,46)(H,41,48)(H,42,49)(H,43,47)/t29?,30-,31?,32+/m0/s1. The average Bonchev–Trinajstić information content (AvgIpc) is 3.08. The van der Waals surface area contributed by atoms with Crippen molar-refractivity contribution in [3.05, 3.63) is 90.1 Å². The Hall–Kier alpha value is -5.01. The second-order valence-corrected chi connectivity index (χ2v) is 14.5. The van der Waals surface area contributed by atoms with E-state index in [-0.39, 0.29) is 19.5 Å². The van der Waals surface area contributed by atoms with Crippen molar-refractivity contribution in [2.45, 2.75) is 78.7 Å². The van der Waals surface area contributed by atoms with Crippen LogP contribution in [0.25, 0.3) is 11.3 Å². The second-order valence-electron chi connectivity index (χ2n) is 14.5. The highest BCUT2D eigenvalue weighted by molar-refractivity contribution is 5.87. The number of nitrogens with one attached hydrogen (secondary N) is 4. The van der Waals surface area contributed by atoms with Gasteiger partial charge >= 0.3 is 12.2 Å². The first-order valence-corrected chi connectivity index (χ1v) is 16.8. The van der Waals surface area contributed by atoms with Gasteiger partial charge in [-0.2, -0.15) is 0 Å². The molecule has 51 heavy (non-hydrogen) atoms. The van der Waals surface area contributed by atoms with E-state index in [0.717, 1.165) is 22.4 Å². The van der Waals surface area contributed by atoms with Gasteiger partial charge in [-0.1, -0.05) is 102 Å². The molecule has 3 aromatic rings. The minimum absolute atomic E-state index is 0.120. The predicted octanol–water partition coefficient (Wildman–Crippen LogP) is 4.21. The van der Waals surface area contributed by atoms with Crippen LogP contribution in [0.1, 0.15) is 52.7 Å². The van der Waals surface area contributed by atoms with Crippen LogP contribution in [-0.4, -0.2) is 84.1 Å². The van der Waals surface area contributed by atoms with Gasteiger partial charge in [0.05, 0.1) is 32.1 Å². The van der Waals surface area contributed by atoms with E-state index in [1.807, 2.05) is 93.6 Å². The summed E-state index contributed by atoms with van der Waals surface area (Å²) in [6.07, 6.45) is -0.778. The van der Waals surface area contributed by atoms with E-state index in [1.54, 1.807) is 32.0 Å². The van der Waals surface area contributed by atoms with Gasteiger partial charge in [0.25, 0.3) is 5.91 Å². The van der Waals surface area contributed by atoms with E-state index in [9.17, 15) is 24.3 Å². The summed E-state index contributed by atoms with van der Waals surface area (Å²) in [6, 6.07) is 19.8. The van der Waals surface area contributed by atoms with E-state index < -0.39 is 59.1 Å². The molecule has 0 aliphatic rings. The molecule has 4 atom stereocenters. The first kappa shape index (κ1) is 40.4. The van der Waals surface area contributed by atoms with Gasteiger partial charge in [-0.05, 0) is 40.5 Å². The molecule has 3 rings (SSSR count). The zero-order valence-electron chi connectivity index (χ0n) is 30.7. The molecule has 0 spiro atoms. The van der Waals surface area contributed by atoms with Crippen LogP contribution >= 0.6 is 0 Å². The molecule has 0 fully saturated rings. The van der Waals surface area contributed by atoms with E-state index in [1.165, 1.54) is 14.2 Å². The van der Waals surface area contributed by atoms with Gasteiger partial charge in [-0.15, -0.1) is 0 Å². The number of methoxy groups -OCH3 is 2. The third kappa shape index (κ3) is 12.7. The molecular formula is C38H52N6O7. The molecule has 1 heterocycles. The van der Waals surface area contributed by atoms with Crippen molar-refractivity contribution >= 4 is 24.0 Å². The zero-order chi connectivity index (χ0) is 37.8. The van der Waals surface area contributed by atoms with Crippen LogP contribution in [-0.2, 0) is 32.0 Å². The highest BCUT2D eigenvalue weighted by Crippen LogP contribution is 2.23. The summed E-state index contributed by atoms with van der Waals surface area (Å²) in [6.45, 7) is 10.9. The lowest BCUT2D eigenvalue weighted by Gasteiger charge is -2.35. The number of benzene rings is 2. The summed E-state index contributed by atoms with van der Waals surface area (Å²) in [5, 5.41) is 21.6. The number of aromatic nitrogens is 1. The number of rotatable bonds is 14. The monoisotopic (exact) mass is 704 g/mol. The number of hydrazine groups is 1. The van der Waals surface area contributed by atoms with Crippen LogP contribution in [0.15, 0.2) is 79.0 Å². The molecule has 13 heteroatoms. The SMILES string of the molecule is COC(=O)NC(C(=O)NC(Cc1ccccc1)[C@@H](O)CN(Cc1ccc(-c2ccccn2)cc1)NC(=O)[C@@H](NC(=O)OC)C(C)(C)C)C(C)(C)C. The van der Waals surface area contributed by atoms with Crippen LogP contribution in [0, 0.1) is 10.8 Å². The number of carbonyl (C=O) groups is 4. The summed E-state index contributed by atoms with van der Waals surface area (Å²) < 4.78 is 9.54. The molecule has 0 saturated carbocycles. The molecule has 5 N–H and O–H groups in total. The van der Waals surface area contributed by atoms with Crippen molar-refractivity contribution in [3.63, 3.8) is 0 Å². The number of pyridine rings is 1. The molecule has 0 aliphatic heterocycles. The molecule has 0 aliphatic carbocycles. The number of amides is 4. The number of hydrogen-bond acceptors (Lipinski definition) is 9. The van der Waals surface area contributed by atoms with Gasteiger partial charge in [0, 0.05) is 24.8 Å². The maximum Gasteiger partial charge on any atom is 0.407 e. The lowest BCUT2D eigenvalue weighted by Crippen LogP contribution is -2.60. The van der Waals surface area contributed by atoms with E-state index >= 15 is 0 Å². The molecule has 4 amide bonds. The molecule has 0 radical (unpaired) electrons. The minimum atomic E-state index is -1.22. The van der Waals surface area contributed by atoms with Crippen molar-refractivity contribution in [1.82, 2.24) is 31.4 Å². The van der Waals surface area contributed by atoms with Crippen LogP contribution < -0.4 is 21.4 Å². The van der Waals surface area contributed by atoms with E-state index in [0.29, 0.717) is 0 Å². The van der Waals surface area contributed by atoms with Crippen molar-refractivity contribution in [3.8, 4) is 11.3 Å². The summed E-state index contributed by atoms with van der Waals surface area (Å²) in [7, 11) is 2.44. The Kier molecular flexibility index (Phi) is 14.5. The molecule has 2 unspecified atom stereocenters. The molecule has 0 saturated heterocycles. The minimum Gasteiger partial charge on any atom is -0.453 e. The Balaban J connectivity index is 1.96. The number of aliphatic hydroxyl groups is 1. The Labute approximate surface area is 300 Å². The van der Waals surface area contributed by atoms with Gasteiger partial charge in [-0.25, -0.2) is 14.6 Å². The fraction of sp³-hybridized carbons (Fsp3) is 0.447. The smallest absolute Gasteiger partial charge is 0.407 e. The van der Waals surface area contributed by atoms with Crippen molar-refractivity contribution < 1.29 is 33.8 Å². The van der Waals surface area contributed by atoms with Crippen molar-refractivity contribution in [1.29, 1.82) is 0 Å². The third-order valence-corrected chi connectivity index (χ3v) is 8.21. The normalized spacial score (nSPS) is 14.0. The van der Waals surface area contributed by atoms with Crippen molar-refractivity contribution in [2.24, 2.45) is 10.8 Å². The number of hydrogen-bond donors (Lipinski definition) is 5. The van der Waals surface area contributed by atoms with Gasteiger partial charge in [0.1, 0.15) is 12.1 Å². The molecule has 13 nitrogen and oxygen atoms in total. The van der Waals surface area contributed by atoms with Crippen LogP contribution in [0.2, 0.25) is 0 Å². The lowest BCUT2D eigenvalue weighted by atomic mass is 9.85. The molecule has 0 bridgehead atoms. The quantitative estimate of drug-likeness (QED) is 0.154. The Morgan fingerprint density at radius 2 is 1.27 bits per heavy atom. The lowest BCUT2D eigenvalue weighted by molar-refractivity contribution is -0.132. The highest BCUT2D eigenvalue weighted by Gasteiger charge is 2.37. The fourth-order valence-corrected chi connectivity index (χ4v) is 5.38. The first-order chi connectivity index (χ1) is 24.0. The Morgan fingerprint density at radius 1 is 0.725 bits per heavy atom. The number of aliphatic hydroxyl groups excluding tert-OH is 1. The van der Waals surface area contributed by atoms with Gasteiger partial charge in [0.15, 0.2) is 0 Å². The third-order valence-electron chi connectivity index (χ3n) is 8.21. The Bertz CT molecular complexity index is 1570. The topological polar surface area (TPSA) is 171 Å². The second kappa shape index (κ2) is 18.3. The summed E-state index contributed by atoms with van der Waals surface area (Å²) in [4.78, 5) is 56.3.